The molecule has 1 aromatic rings. The van der Waals surface area contributed by atoms with Crippen molar-refractivity contribution in [2.24, 2.45) is 5.92 Å². The molecule has 1 saturated carbocycles. The largest absolute Gasteiger partial charge is 0.347 e. The van der Waals surface area contributed by atoms with Gasteiger partial charge in [-0.25, -0.2) is 0 Å². The van der Waals surface area contributed by atoms with Crippen LogP contribution in [0.1, 0.15) is 49.9 Å². The van der Waals surface area contributed by atoms with E-state index in [1.165, 1.54) is 37.0 Å². The van der Waals surface area contributed by atoms with Crippen LogP contribution < -0.4 is 10.6 Å². The van der Waals surface area contributed by atoms with Gasteiger partial charge in [-0.15, -0.1) is 23.7 Å². The quantitative estimate of drug-likeness (QED) is 0.868. The molecule has 0 spiro atoms. The first-order valence-corrected chi connectivity index (χ1v) is 8.64. The number of hydrogen-bond acceptors (Lipinski definition) is 3. The van der Waals surface area contributed by atoms with Crippen LogP contribution in [0.2, 0.25) is 4.34 Å². The highest BCUT2D eigenvalue weighted by Gasteiger charge is 2.38. The number of carbonyl (C=O) groups is 1. The molecule has 2 heterocycles. The van der Waals surface area contributed by atoms with Crippen molar-refractivity contribution in [3.63, 3.8) is 0 Å². The van der Waals surface area contributed by atoms with Gasteiger partial charge in [0.2, 0.25) is 5.91 Å². The van der Waals surface area contributed by atoms with Gasteiger partial charge in [-0.3, -0.25) is 4.79 Å². The lowest BCUT2D eigenvalue weighted by Gasteiger charge is -2.24. The summed E-state index contributed by atoms with van der Waals surface area (Å²) >= 11 is 7.48. The van der Waals surface area contributed by atoms with Crippen molar-refractivity contribution in [2.75, 3.05) is 0 Å². The molecule has 2 aliphatic rings. The van der Waals surface area contributed by atoms with Crippen molar-refractivity contribution >= 4 is 41.3 Å². The number of halogens is 2. The van der Waals surface area contributed by atoms with Gasteiger partial charge in [0.25, 0.3) is 0 Å². The van der Waals surface area contributed by atoms with Crippen LogP contribution >= 0.6 is 35.3 Å². The van der Waals surface area contributed by atoms with E-state index < -0.39 is 0 Å². The molecule has 0 radical (unpaired) electrons. The zero-order chi connectivity index (χ0) is 14.1. The van der Waals surface area contributed by atoms with Crippen molar-refractivity contribution in [1.29, 1.82) is 0 Å². The summed E-state index contributed by atoms with van der Waals surface area (Å²) in [6, 6.07) is 4.45. The molecule has 3 nitrogen and oxygen atoms in total. The molecular weight excluding hydrogens is 327 g/mol. The van der Waals surface area contributed by atoms with Crippen LogP contribution in [0.5, 0.6) is 0 Å². The lowest BCUT2D eigenvalue weighted by Crippen LogP contribution is -2.43. The number of hydrogen-bond donors (Lipinski definition) is 2. The van der Waals surface area contributed by atoms with Crippen LogP contribution in [0, 0.1) is 5.92 Å². The first-order chi connectivity index (χ1) is 9.63. The molecule has 1 saturated heterocycles. The van der Waals surface area contributed by atoms with Crippen molar-refractivity contribution in [2.45, 2.75) is 57.2 Å². The van der Waals surface area contributed by atoms with Gasteiger partial charge in [-0.2, -0.15) is 0 Å². The Hall–Kier alpha value is -0.290. The van der Waals surface area contributed by atoms with Crippen LogP contribution in [-0.4, -0.2) is 18.0 Å². The molecule has 0 aromatic carbocycles. The third-order valence-corrected chi connectivity index (χ3v) is 5.97. The molecule has 1 aromatic heterocycles. The average molecular weight is 349 g/mol. The van der Waals surface area contributed by atoms with Crippen LogP contribution in [0.3, 0.4) is 0 Å². The number of rotatable bonds is 3. The van der Waals surface area contributed by atoms with Crippen molar-refractivity contribution in [3.05, 3.63) is 21.3 Å². The van der Waals surface area contributed by atoms with Crippen LogP contribution in [-0.2, 0) is 4.79 Å². The molecule has 2 fully saturated rings. The monoisotopic (exact) mass is 348 g/mol. The molecule has 1 amide bonds. The fourth-order valence-electron chi connectivity index (χ4n) is 3.47. The summed E-state index contributed by atoms with van der Waals surface area (Å²) in [5.41, 5.74) is 0. The van der Waals surface area contributed by atoms with Gasteiger partial charge in [0.1, 0.15) is 0 Å². The number of nitrogens with one attached hydrogen (secondary N) is 2. The molecule has 21 heavy (non-hydrogen) atoms. The first-order valence-electron chi connectivity index (χ1n) is 7.45. The summed E-state index contributed by atoms with van der Waals surface area (Å²) in [5, 5.41) is 6.63. The van der Waals surface area contributed by atoms with E-state index >= 15 is 0 Å². The smallest absolute Gasteiger partial charge is 0.237 e. The number of thiophene rings is 1. The third kappa shape index (κ3) is 3.92. The lowest BCUT2D eigenvalue weighted by atomic mass is 9.85. The van der Waals surface area contributed by atoms with E-state index in [0.29, 0.717) is 12.0 Å². The highest BCUT2D eigenvalue weighted by Crippen LogP contribution is 2.33. The fourth-order valence-corrected chi connectivity index (χ4v) is 4.53. The van der Waals surface area contributed by atoms with Gasteiger partial charge < -0.3 is 10.6 Å². The van der Waals surface area contributed by atoms with E-state index in [2.05, 4.69) is 10.6 Å². The summed E-state index contributed by atoms with van der Waals surface area (Å²) in [5.74, 6) is 0.836. The maximum Gasteiger partial charge on any atom is 0.237 e. The Balaban J connectivity index is 0.00000161. The van der Waals surface area contributed by atoms with E-state index in [-0.39, 0.29) is 30.4 Å². The zero-order valence-electron chi connectivity index (χ0n) is 12.1. The topological polar surface area (TPSA) is 41.1 Å². The minimum atomic E-state index is -0.0130. The van der Waals surface area contributed by atoms with Crippen LogP contribution in [0.25, 0.3) is 0 Å². The number of amides is 1. The molecule has 4 atom stereocenters. The molecule has 1 aliphatic heterocycles. The van der Waals surface area contributed by atoms with Crippen molar-refractivity contribution in [1.82, 2.24) is 10.6 Å². The summed E-state index contributed by atoms with van der Waals surface area (Å²) in [6.07, 6.45) is 6.12. The number of carbonyl (C=O) groups excluding carboxylic acids is 1. The van der Waals surface area contributed by atoms with Gasteiger partial charge in [-0.05, 0) is 44.2 Å². The Kier molecular flexibility index (Phi) is 5.95. The first kappa shape index (κ1) is 17.1. The Labute approximate surface area is 141 Å². The zero-order valence-corrected chi connectivity index (χ0v) is 14.5. The van der Waals surface area contributed by atoms with Gasteiger partial charge in [0.05, 0.1) is 16.4 Å². The molecular formula is C15H22Cl2N2OS. The standard InChI is InChI=1S/C15H21ClN2OS.ClH/c1-9(13-6-7-14(16)20-13)17-15(19)12-8-10-4-2-3-5-11(10)18-12;/h6-7,9-12,18H,2-5,8H2,1H3,(H,17,19);1H. The second-order valence-corrected chi connectivity index (χ2v) is 7.72. The maximum atomic E-state index is 12.4. The second-order valence-electron chi connectivity index (χ2n) is 5.98. The predicted molar refractivity (Wildman–Crippen MR) is 90.4 cm³/mol. The number of fused-ring (bicyclic) bond motifs is 1. The predicted octanol–water partition coefficient (Wildman–Crippen LogP) is 3.92. The van der Waals surface area contributed by atoms with E-state index in [1.54, 1.807) is 0 Å². The Morgan fingerprint density at radius 2 is 2.19 bits per heavy atom. The van der Waals surface area contributed by atoms with Crippen molar-refractivity contribution in [3.8, 4) is 0 Å². The molecule has 0 bridgehead atoms. The summed E-state index contributed by atoms with van der Waals surface area (Å²) in [4.78, 5) is 13.5. The molecule has 1 aliphatic carbocycles. The van der Waals surface area contributed by atoms with Crippen LogP contribution in [0.4, 0.5) is 0 Å². The molecule has 4 unspecified atom stereocenters. The summed E-state index contributed by atoms with van der Waals surface area (Å²) in [7, 11) is 0. The van der Waals surface area contributed by atoms with E-state index in [1.807, 2.05) is 19.1 Å². The minimum Gasteiger partial charge on any atom is -0.347 e. The summed E-state index contributed by atoms with van der Waals surface area (Å²) in [6.45, 7) is 2.02. The molecule has 6 heteroatoms. The van der Waals surface area contributed by atoms with Gasteiger partial charge in [0, 0.05) is 10.9 Å². The van der Waals surface area contributed by atoms with Gasteiger partial charge in [-0.1, -0.05) is 24.4 Å². The second kappa shape index (κ2) is 7.32. The Bertz CT molecular complexity index is 480. The Morgan fingerprint density at radius 1 is 1.43 bits per heavy atom. The maximum absolute atomic E-state index is 12.4. The minimum absolute atomic E-state index is 0. The average Bonchev–Trinajstić information content (AvgIpc) is 3.04. The van der Waals surface area contributed by atoms with Crippen LogP contribution in [0.15, 0.2) is 12.1 Å². The third-order valence-electron chi connectivity index (χ3n) is 4.56. The SMILES string of the molecule is CC(NC(=O)C1CC2CCCCC2N1)c1ccc(Cl)s1.Cl. The molecule has 3 rings (SSSR count). The normalized spacial score (nSPS) is 29.3. The van der Waals surface area contributed by atoms with E-state index in [9.17, 15) is 4.79 Å². The fraction of sp³-hybridized carbons (Fsp3) is 0.667. The lowest BCUT2D eigenvalue weighted by molar-refractivity contribution is -0.123. The molecule has 2 N–H and O–H groups in total. The van der Waals surface area contributed by atoms with Gasteiger partial charge >= 0.3 is 0 Å². The van der Waals surface area contributed by atoms with Crippen molar-refractivity contribution < 1.29 is 4.79 Å². The molecule has 118 valence electrons. The summed E-state index contributed by atoms with van der Waals surface area (Å²) < 4.78 is 0.770. The van der Waals surface area contributed by atoms with Gasteiger partial charge in [0.15, 0.2) is 0 Å². The van der Waals surface area contributed by atoms with E-state index in [4.69, 9.17) is 11.6 Å². The highest BCUT2D eigenvalue weighted by molar-refractivity contribution is 7.16. The van der Waals surface area contributed by atoms with E-state index in [0.717, 1.165) is 15.6 Å². The Morgan fingerprint density at radius 3 is 2.86 bits per heavy atom. The highest BCUT2D eigenvalue weighted by atomic mass is 35.5.